The average molecular weight is 256 g/mol. The minimum Gasteiger partial charge on any atom is -0.508 e. The standard InChI is InChI=1S/C17H20O2/c1-10-14-13-6-5-12(18)7-11(13)8-17(14,4)9-16(2,3)15(10)19/h5-7,18H,8-9H2,1-4H3. The molecule has 0 radical (unpaired) electrons. The molecular weight excluding hydrogens is 236 g/mol. The molecule has 0 spiro atoms. The molecule has 0 aromatic heterocycles. The summed E-state index contributed by atoms with van der Waals surface area (Å²) in [5, 5.41) is 9.65. The zero-order valence-electron chi connectivity index (χ0n) is 12.0. The molecule has 1 atom stereocenters. The number of allylic oxidation sites excluding steroid dienone is 2. The molecule has 1 unspecified atom stereocenters. The Morgan fingerprint density at radius 1 is 1.21 bits per heavy atom. The first kappa shape index (κ1) is 12.5. The van der Waals surface area contributed by atoms with E-state index in [2.05, 4.69) is 6.92 Å². The van der Waals surface area contributed by atoms with E-state index in [4.69, 9.17) is 0 Å². The first-order valence-electron chi connectivity index (χ1n) is 6.83. The lowest BCUT2D eigenvalue weighted by molar-refractivity contribution is -0.125. The van der Waals surface area contributed by atoms with Gasteiger partial charge in [-0.1, -0.05) is 26.8 Å². The predicted molar refractivity (Wildman–Crippen MR) is 75.9 cm³/mol. The molecule has 0 heterocycles. The fraction of sp³-hybridized carbons (Fsp3) is 0.471. The highest BCUT2D eigenvalue weighted by molar-refractivity contribution is 6.08. The Morgan fingerprint density at radius 2 is 1.89 bits per heavy atom. The Kier molecular flexibility index (Phi) is 2.30. The Bertz CT molecular complexity index is 622. The van der Waals surface area contributed by atoms with E-state index in [1.807, 2.05) is 32.9 Å². The summed E-state index contributed by atoms with van der Waals surface area (Å²) in [5.41, 5.74) is 4.17. The van der Waals surface area contributed by atoms with Crippen LogP contribution in [0, 0.1) is 10.8 Å². The Balaban J connectivity index is 2.26. The molecule has 0 saturated heterocycles. The lowest BCUT2D eigenvalue weighted by Crippen LogP contribution is -2.38. The molecule has 2 nitrogen and oxygen atoms in total. The van der Waals surface area contributed by atoms with E-state index in [0.29, 0.717) is 5.75 Å². The van der Waals surface area contributed by atoms with Gasteiger partial charge < -0.3 is 5.11 Å². The number of hydrogen-bond donors (Lipinski definition) is 1. The summed E-state index contributed by atoms with van der Waals surface area (Å²) in [7, 11) is 0. The molecular formula is C17H20O2. The van der Waals surface area contributed by atoms with Crippen molar-refractivity contribution in [2.45, 2.75) is 40.5 Å². The molecule has 1 aromatic rings. The normalized spacial score (nSPS) is 28.3. The highest BCUT2D eigenvalue weighted by atomic mass is 16.3. The van der Waals surface area contributed by atoms with Gasteiger partial charge >= 0.3 is 0 Å². The molecule has 100 valence electrons. The topological polar surface area (TPSA) is 37.3 Å². The van der Waals surface area contributed by atoms with E-state index in [0.717, 1.165) is 24.0 Å². The van der Waals surface area contributed by atoms with E-state index < -0.39 is 0 Å². The summed E-state index contributed by atoms with van der Waals surface area (Å²) in [6, 6.07) is 5.52. The van der Waals surface area contributed by atoms with Gasteiger partial charge in [0.1, 0.15) is 5.75 Å². The molecule has 0 bridgehead atoms. The first-order valence-corrected chi connectivity index (χ1v) is 6.83. The number of benzene rings is 1. The van der Waals surface area contributed by atoms with Gasteiger partial charge in [0.15, 0.2) is 5.78 Å². The van der Waals surface area contributed by atoms with Gasteiger partial charge in [-0.15, -0.1) is 0 Å². The third-order valence-corrected chi connectivity index (χ3v) is 4.70. The number of phenols is 1. The predicted octanol–water partition coefficient (Wildman–Crippen LogP) is 3.73. The average Bonchev–Trinajstić information content (AvgIpc) is 2.56. The number of carbonyl (C=O) groups is 1. The summed E-state index contributed by atoms with van der Waals surface area (Å²) in [4.78, 5) is 12.5. The SMILES string of the molecule is CC1=C2c3ccc(O)cc3CC2(C)CC(C)(C)C1=O. The molecule has 0 fully saturated rings. The van der Waals surface area contributed by atoms with Crippen LogP contribution in [0.4, 0.5) is 0 Å². The van der Waals surface area contributed by atoms with E-state index in [-0.39, 0.29) is 16.6 Å². The lowest BCUT2D eigenvalue weighted by atomic mass is 9.61. The van der Waals surface area contributed by atoms with Gasteiger partial charge in [0, 0.05) is 5.41 Å². The number of aromatic hydroxyl groups is 1. The smallest absolute Gasteiger partial charge is 0.164 e. The van der Waals surface area contributed by atoms with Crippen LogP contribution in [0.3, 0.4) is 0 Å². The largest absolute Gasteiger partial charge is 0.508 e. The fourth-order valence-corrected chi connectivity index (χ4v) is 4.29. The third-order valence-electron chi connectivity index (χ3n) is 4.70. The van der Waals surface area contributed by atoms with Crippen LogP contribution in [0.1, 0.15) is 45.2 Å². The van der Waals surface area contributed by atoms with Crippen LogP contribution in [0.25, 0.3) is 5.57 Å². The second-order valence-electron chi connectivity index (χ2n) is 6.97. The minimum absolute atomic E-state index is 0.0254. The number of carbonyl (C=O) groups excluding carboxylic acids is 1. The molecule has 3 rings (SSSR count). The summed E-state index contributed by atoms with van der Waals surface area (Å²) in [5.74, 6) is 0.575. The maximum Gasteiger partial charge on any atom is 0.164 e. The zero-order chi connectivity index (χ0) is 14.0. The molecule has 2 aliphatic rings. The zero-order valence-corrected chi connectivity index (χ0v) is 12.0. The van der Waals surface area contributed by atoms with Crippen LogP contribution in [-0.4, -0.2) is 10.9 Å². The number of fused-ring (bicyclic) bond motifs is 3. The quantitative estimate of drug-likeness (QED) is 0.768. The fourth-order valence-electron chi connectivity index (χ4n) is 4.29. The maximum atomic E-state index is 12.5. The van der Waals surface area contributed by atoms with E-state index in [9.17, 15) is 9.90 Å². The second kappa shape index (κ2) is 3.50. The van der Waals surface area contributed by atoms with Crippen molar-refractivity contribution in [1.82, 2.24) is 0 Å². The number of rotatable bonds is 0. The Labute approximate surface area is 114 Å². The van der Waals surface area contributed by atoms with E-state index in [1.54, 1.807) is 6.07 Å². The van der Waals surface area contributed by atoms with Crippen molar-refractivity contribution in [2.24, 2.45) is 10.8 Å². The summed E-state index contributed by atoms with van der Waals surface area (Å²) < 4.78 is 0. The number of Topliss-reactive ketones (excluding diaryl/α,β-unsaturated/α-hetero) is 1. The van der Waals surface area contributed by atoms with Crippen molar-refractivity contribution < 1.29 is 9.90 Å². The second-order valence-corrected chi connectivity index (χ2v) is 6.97. The van der Waals surface area contributed by atoms with Crippen LogP contribution in [0.15, 0.2) is 23.8 Å². The molecule has 0 saturated carbocycles. The molecule has 0 amide bonds. The van der Waals surface area contributed by atoms with Gasteiger partial charge in [-0.3, -0.25) is 4.79 Å². The molecule has 1 aromatic carbocycles. The van der Waals surface area contributed by atoms with E-state index in [1.165, 1.54) is 11.1 Å². The van der Waals surface area contributed by atoms with Crippen molar-refractivity contribution in [3.63, 3.8) is 0 Å². The third kappa shape index (κ3) is 1.59. The van der Waals surface area contributed by atoms with Crippen LogP contribution in [-0.2, 0) is 11.2 Å². The summed E-state index contributed by atoms with van der Waals surface area (Å²) in [6.45, 7) is 8.29. The first-order chi connectivity index (χ1) is 8.74. The lowest BCUT2D eigenvalue weighted by Gasteiger charge is -2.41. The minimum atomic E-state index is -0.285. The van der Waals surface area contributed by atoms with Gasteiger partial charge in [0.25, 0.3) is 0 Å². The molecule has 2 heteroatoms. The van der Waals surface area contributed by atoms with Crippen molar-refractivity contribution in [3.8, 4) is 5.75 Å². The van der Waals surface area contributed by atoms with Crippen LogP contribution >= 0.6 is 0 Å². The van der Waals surface area contributed by atoms with Crippen molar-refractivity contribution in [3.05, 3.63) is 34.9 Å². The van der Waals surface area contributed by atoms with Crippen LogP contribution in [0.5, 0.6) is 5.75 Å². The number of phenolic OH excluding ortho intramolecular Hbond substituents is 1. The van der Waals surface area contributed by atoms with Crippen molar-refractivity contribution >= 4 is 11.4 Å². The van der Waals surface area contributed by atoms with Gasteiger partial charge in [-0.05, 0) is 59.6 Å². The van der Waals surface area contributed by atoms with Crippen LogP contribution in [0.2, 0.25) is 0 Å². The highest BCUT2D eigenvalue weighted by Gasteiger charge is 2.49. The Morgan fingerprint density at radius 3 is 2.58 bits per heavy atom. The van der Waals surface area contributed by atoms with E-state index >= 15 is 0 Å². The summed E-state index contributed by atoms with van der Waals surface area (Å²) >= 11 is 0. The Hall–Kier alpha value is -1.57. The van der Waals surface area contributed by atoms with Crippen LogP contribution < -0.4 is 0 Å². The number of ketones is 1. The molecule has 2 aliphatic carbocycles. The van der Waals surface area contributed by atoms with Gasteiger partial charge in [0.2, 0.25) is 0 Å². The highest BCUT2D eigenvalue weighted by Crippen LogP contribution is 2.57. The monoisotopic (exact) mass is 256 g/mol. The number of hydrogen-bond acceptors (Lipinski definition) is 2. The molecule has 1 N–H and O–H groups in total. The molecule has 19 heavy (non-hydrogen) atoms. The maximum absolute atomic E-state index is 12.5. The van der Waals surface area contributed by atoms with Crippen molar-refractivity contribution in [1.29, 1.82) is 0 Å². The molecule has 0 aliphatic heterocycles. The summed E-state index contributed by atoms with van der Waals surface area (Å²) in [6.07, 6.45) is 1.79. The van der Waals surface area contributed by atoms with Gasteiger partial charge in [-0.25, -0.2) is 0 Å². The van der Waals surface area contributed by atoms with Crippen molar-refractivity contribution in [2.75, 3.05) is 0 Å². The van der Waals surface area contributed by atoms with Gasteiger partial charge in [-0.2, -0.15) is 0 Å². The van der Waals surface area contributed by atoms with Gasteiger partial charge in [0.05, 0.1) is 0 Å².